The van der Waals surface area contributed by atoms with Gasteiger partial charge in [0.15, 0.2) is 5.82 Å². The highest BCUT2D eigenvalue weighted by molar-refractivity contribution is 7.10. The first-order valence-corrected chi connectivity index (χ1v) is 7.60. The minimum absolute atomic E-state index is 0.219. The van der Waals surface area contributed by atoms with Crippen LogP contribution in [0.25, 0.3) is 0 Å². The predicted octanol–water partition coefficient (Wildman–Crippen LogP) is 5.85. The Bertz CT molecular complexity index is 347. The normalized spacial score (nSPS) is 11.1. The zero-order valence-electron chi connectivity index (χ0n) is 10.9. The van der Waals surface area contributed by atoms with E-state index in [-0.39, 0.29) is 4.88 Å². The van der Waals surface area contributed by atoms with Gasteiger partial charge in [0.05, 0.1) is 0 Å². The SMILES string of the molecule is CCCCCCCCCCc1sc(F)c(F)c1F. The highest BCUT2D eigenvalue weighted by atomic mass is 32.1. The summed E-state index contributed by atoms with van der Waals surface area (Å²) >= 11 is 0.599. The van der Waals surface area contributed by atoms with Gasteiger partial charge in [-0.05, 0) is 12.8 Å². The molecule has 0 N–H and O–H groups in total. The predicted molar refractivity (Wildman–Crippen MR) is 70.5 cm³/mol. The van der Waals surface area contributed by atoms with Crippen molar-refractivity contribution >= 4 is 11.3 Å². The van der Waals surface area contributed by atoms with Gasteiger partial charge in [-0.15, -0.1) is 11.3 Å². The van der Waals surface area contributed by atoms with E-state index in [1.807, 2.05) is 0 Å². The van der Waals surface area contributed by atoms with Crippen LogP contribution in [0.3, 0.4) is 0 Å². The lowest BCUT2D eigenvalue weighted by Crippen LogP contribution is -1.87. The number of rotatable bonds is 9. The molecule has 1 aromatic rings. The van der Waals surface area contributed by atoms with Crippen LogP contribution < -0.4 is 0 Å². The summed E-state index contributed by atoms with van der Waals surface area (Å²) in [5.41, 5.74) is 0. The van der Waals surface area contributed by atoms with E-state index in [9.17, 15) is 13.2 Å². The van der Waals surface area contributed by atoms with Crippen molar-refractivity contribution in [3.63, 3.8) is 0 Å². The van der Waals surface area contributed by atoms with Crippen molar-refractivity contribution in [3.05, 3.63) is 21.6 Å². The largest absolute Gasteiger partial charge is 0.215 e. The molecule has 0 aliphatic heterocycles. The van der Waals surface area contributed by atoms with Gasteiger partial charge in [-0.25, -0.2) is 4.39 Å². The molecule has 104 valence electrons. The number of hydrogen-bond donors (Lipinski definition) is 0. The van der Waals surface area contributed by atoms with E-state index in [1.165, 1.54) is 32.1 Å². The fourth-order valence-corrected chi connectivity index (χ4v) is 2.81. The van der Waals surface area contributed by atoms with E-state index in [2.05, 4.69) is 6.92 Å². The summed E-state index contributed by atoms with van der Waals surface area (Å²) in [6, 6.07) is 0. The molecule has 0 aliphatic rings. The third-order valence-corrected chi connectivity index (χ3v) is 4.07. The Kier molecular flexibility index (Phi) is 7.40. The quantitative estimate of drug-likeness (QED) is 0.497. The van der Waals surface area contributed by atoms with Crippen LogP contribution in [0.15, 0.2) is 0 Å². The van der Waals surface area contributed by atoms with Gasteiger partial charge in [0.25, 0.3) is 0 Å². The highest BCUT2D eigenvalue weighted by Gasteiger charge is 2.17. The summed E-state index contributed by atoms with van der Waals surface area (Å²) in [4.78, 5) is 0.219. The van der Waals surface area contributed by atoms with Crippen LogP contribution in [0, 0.1) is 16.8 Å². The van der Waals surface area contributed by atoms with Gasteiger partial charge in [-0.1, -0.05) is 51.9 Å². The Balaban J connectivity index is 2.09. The third kappa shape index (κ3) is 5.01. The molecule has 0 aromatic carbocycles. The second kappa shape index (κ2) is 8.57. The molecule has 0 nitrogen and oxygen atoms in total. The van der Waals surface area contributed by atoms with E-state index in [0.29, 0.717) is 17.8 Å². The molecule has 0 spiro atoms. The smallest absolute Gasteiger partial charge is 0.202 e. The molecule has 1 heterocycles. The molecule has 18 heavy (non-hydrogen) atoms. The third-order valence-electron chi connectivity index (χ3n) is 3.08. The summed E-state index contributed by atoms with van der Waals surface area (Å²) in [5, 5.41) is -1.03. The van der Waals surface area contributed by atoms with Crippen LogP contribution in [0.2, 0.25) is 0 Å². The molecule has 4 heteroatoms. The lowest BCUT2D eigenvalue weighted by molar-refractivity contribution is 0.462. The number of unbranched alkanes of at least 4 members (excludes halogenated alkanes) is 7. The van der Waals surface area contributed by atoms with Crippen molar-refractivity contribution in [2.24, 2.45) is 0 Å². The first kappa shape index (κ1) is 15.5. The van der Waals surface area contributed by atoms with E-state index in [0.717, 1.165) is 19.3 Å². The lowest BCUT2D eigenvalue weighted by atomic mass is 10.1. The minimum atomic E-state index is -1.31. The van der Waals surface area contributed by atoms with E-state index >= 15 is 0 Å². The van der Waals surface area contributed by atoms with Crippen molar-refractivity contribution < 1.29 is 13.2 Å². The average molecular weight is 278 g/mol. The maximum absolute atomic E-state index is 13.1. The topological polar surface area (TPSA) is 0 Å². The molecule has 0 saturated heterocycles. The molecule has 0 saturated carbocycles. The fourth-order valence-electron chi connectivity index (χ4n) is 1.99. The fraction of sp³-hybridized carbons (Fsp3) is 0.714. The van der Waals surface area contributed by atoms with Gasteiger partial charge in [-0.2, -0.15) is 8.78 Å². The first-order chi connectivity index (χ1) is 8.66. The van der Waals surface area contributed by atoms with Crippen LogP contribution >= 0.6 is 11.3 Å². The maximum atomic E-state index is 13.1. The van der Waals surface area contributed by atoms with Crippen LogP contribution in [0.5, 0.6) is 0 Å². The lowest BCUT2D eigenvalue weighted by Gasteiger charge is -2.01. The van der Waals surface area contributed by atoms with E-state index in [4.69, 9.17) is 0 Å². The summed E-state index contributed by atoms with van der Waals surface area (Å²) in [5.74, 6) is -2.30. The van der Waals surface area contributed by atoms with Gasteiger partial charge in [0.1, 0.15) is 0 Å². The summed E-state index contributed by atoms with van der Waals surface area (Å²) < 4.78 is 38.6. The van der Waals surface area contributed by atoms with Gasteiger partial charge in [-0.3, -0.25) is 0 Å². The van der Waals surface area contributed by atoms with Gasteiger partial charge < -0.3 is 0 Å². The Morgan fingerprint density at radius 2 is 1.33 bits per heavy atom. The Morgan fingerprint density at radius 3 is 1.83 bits per heavy atom. The van der Waals surface area contributed by atoms with Gasteiger partial charge in [0.2, 0.25) is 10.9 Å². The van der Waals surface area contributed by atoms with Gasteiger partial charge in [0, 0.05) is 4.88 Å². The van der Waals surface area contributed by atoms with Gasteiger partial charge >= 0.3 is 0 Å². The molecule has 0 atom stereocenters. The van der Waals surface area contributed by atoms with Crippen molar-refractivity contribution in [2.45, 2.75) is 64.7 Å². The Morgan fingerprint density at radius 1 is 0.778 bits per heavy atom. The highest BCUT2D eigenvalue weighted by Crippen LogP contribution is 2.26. The van der Waals surface area contributed by atoms with Crippen LogP contribution in [-0.4, -0.2) is 0 Å². The summed E-state index contributed by atoms with van der Waals surface area (Å²) in [6.07, 6.45) is 9.67. The zero-order valence-corrected chi connectivity index (χ0v) is 11.7. The van der Waals surface area contributed by atoms with Crippen molar-refractivity contribution in [3.8, 4) is 0 Å². The standard InChI is InChI=1S/C14H21F3S/c1-2-3-4-5-6-7-8-9-10-11-12(15)13(16)14(17)18-11/h2-10H2,1H3. The monoisotopic (exact) mass is 278 g/mol. The van der Waals surface area contributed by atoms with Crippen molar-refractivity contribution in [1.29, 1.82) is 0 Å². The van der Waals surface area contributed by atoms with Crippen molar-refractivity contribution in [1.82, 2.24) is 0 Å². The molecular weight excluding hydrogens is 257 g/mol. The van der Waals surface area contributed by atoms with E-state index < -0.39 is 16.8 Å². The Labute approximate surface area is 111 Å². The second-order valence-corrected chi connectivity index (χ2v) is 5.71. The zero-order chi connectivity index (χ0) is 13.4. The number of thiophene rings is 1. The summed E-state index contributed by atoms with van der Waals surface area (Å²) in [7, 11) is 0. The van der Waals surface area contributed by atoms with E-state index in [1.54, 1.807) is 0 Å². The molecule has 0 unspecified atom stereocenters. The second-order valence-electron chi connectivity index (χ2n) is 4.65. The average Bonchev–Trinajstić information content (AvgIpc) is 2.60. The van der Waals surface area contributed by atoms with Crippen LogP contribution in [-0.2, 0) is 6.42 Å². The summed E-state index contributed by atoms with van der Waals surface area (Å²) in [6.45, 7) is 2.19. The molecule has 0 fully saturated rings. The van der Waals surface area contributed by atoms with Crippen molar-refractivity contribution in [2.75, 3.05) is 0 Å². The molecule has 0 radical (unpaired) electrons. The number of aryl methyl sites for hydroxylation is 1. The number of hydrogen-bond acceptors (Lipinski definition) is 1. The Hall–Kier alpha value is -0.510. The maximum Gasteiger partial charge on any atom is 0.215 e. The molecule has 0 aliphatic carbocycles. The first-order valence-electron chi connectivity index (χ1n) is 6.79. The molecule has 1 rings (SSSR count). The molecule has 1 aromatic heterocycles. The molecule has 0 bridgehead atoms. The number of halogens is 3. The molecular formula is C14H21F3S. The van der Waals surface area contributed by atoms with Crippen LogP contribution in [0.1, 0.15) is 63.2 Å². The molecule has 0 amide bonds. The minimum Gasteiger partial charge on any atom is -0.202 e. The van der Waals surface area contributed by atoms with Crippen LogP contribution in [0.4, 0.5) is 13.2 Å².